The minimum atomic E-state index is 0.887. The molecule has 0 spiro atoms. The molecule has 0 bridgehead atoms. The zero-order valence-electron chi connectivity index (χ0n) is 8.22. The summed E-state index contributed by atoms with van der Waals surface area (Å²) in [6.07, 6.45) is 8.28. The highest BCUT2D eigenvalue weighted by Gasteiger charge is 2.10. The molecule has 0 saturated carbocycles. The van der Waals surface area contributed by atoms with Crippen molar-refractivity contribution >= 4 is 16.7 Å². The van der Waals surface area contributed by atoms with Crippen molar-refractivity contribution in [3.05, 3.63) is 24.8 Å². The van der Waals surface area contributed by atoms with Crippen molar-refractivity contribution in [2.24, 2.45) is 0 Å². The lowest BCUT2D eigenvalue weighted by Gasteiger charge is -2.13. The van der Waals surface area contributed by atoms with Gasteiger partial charge in [-0.1, -0.05) is 0 Å². The minimum Gasteiger partial charge on any atom is -0.313 e. The van der Waals surface area contributed by atoms with Crippen LogP contribution in [0.4, 0.5) is 0 Å². The van der Waals surface area contributed by atoms with Crippen molar-refractivity contribution in [3.8, 4) is 0 Å². The Kier molecular flexibility index (Phi) is 1.96. The van der Waals surface area contributed by atoms with E-state index in [-0.39, 0.29) is 0 Å². The molecule has 0 fully saturated rings. The van der Waals surface area contributed by atoms with Crippen LogP contribution in [0, 0.1) is 0 Å². The van der Waals surface area contributed by atoms with E-state index in [9.17, 15) is 0 Å². The fraction of sp³-hybridized carbons (Fsp3) is 0.300. The van der Waals surface area contributed by atoms with Crippen molar-refractivity contribution in [1.29, 1.82) is 0 Å². The van der Waals surface area contributed by atoms with Crippen LogP contribution in [-0.4, -0.2) is 32.8 Å². The molecular formula is C10H11N5. The topological polar surface area (TPSA) is 55.6 Å². The van der Waals surface area contributed by atoms with Gasteiger partial charge in [0.25, 0.3) is 0 Å². The molecule has 1 aliphatic heterocycles. The molecule has 5 nitrogen and oxygen atoms in total. The number of fused-ring (bicyclic) bond motifs is 1. The van der Waals surface area contributed by atoms with Gasteiger partial charge in [-0.25, -0.2) is 14.6 Å². The van der Waals surface area contributed by atoms with E-state index in [4.69, 9.17) is 0 Å². The van der Waals surface area contributed by atoms with E-state index in [2.05, 4.69) is 26.5 Å². The monoisotopic (exact) mass is 201 g/mol. The first-order valence-corrected chi connectivity index (χ1v) is 4.99. The van der Waals surface area contributed by atoms with Gasteiger partial charge in [0.1, 0.15) is 6.33 Å². The first-order chi connectivity index (χ1) is 7.45. The van der Waals surface area contributed by atoms with E-state index in [1.54, 1.807) is 18.7 Å². The van der Waals surface area contributed by atoms with Gasteiger partial charge in [-0.15, -0.1) is 0 Å². The summed E-state index contributed by atoms with van der Waals surface area (Å²) < 4.78 is 1.90. The molecule has 1 aliphatic rings. The maximum absolute atomic E-state index is 4.34. The van der Waals surface area contributed by atoms with Crippen LogP contribution in [0.25, 0.3) is 16.7 Å². The second-order valence-corrected chi connectivity index (χ2v) is 3.51. The number of rotatable bonds is 1. The summed E-state index contributed by atoms with van der Waals surface area (Å²) in [5.74, 6) is 0. The summed E-state index contributed by atoms with van der Waals surface area (Å²) in [5, 5.41) is 8.59. The normalized spacial score (nSPS) is 16.7. The molecule has 3 heterocycles. The highest BCUT2D eigenvalue weighted by Crippen LogP contribution is 2.16. The first kappa shape index (κ1) is 8.55. The molecular weight excluding hydrogens is 190 g/mol. The van der Waals surface area contributed by atoms with Gasteiger partial charge in [0.05, 0.1) is 11.6 Å². The smallest absolute Gasteiger partial charge is 0.165 e. The van der Waals surface area contributed by atoms with Crippen LogP contribution < -0.4 is 5.32 Å². The van der Waals surface area contributed by atoms with Crippen LogP contribution in [0.5, 0.6) is 0 Å². The molecule has 5 heteroatoms. The maximum atomic E-state index is 4.34. The summed E-state index contributed by atoms with van der Waals surface area (Å²) in [7, 11) is 0. The fourth-order valence-corrected chi connectivity index (χ4v) is 1.79. The van der Waals surface area contributed by atoms with Gasteiger partial charge in [-0.3, -0.25) is 0 Å². The third kappa shape index (κ3) is 1.41. The summed E-state index contributed by atoms with van der Waals surface area (Å²) >= 11 is 0. The summed E-state index contributed by atoms with van der Waals surface area (Å²) in [6.45, 7) is 1.90. The SMILES string of the molecule is C1=C(n2ncc3cncnc32)CCNC1. The van der Waals surface area contributed by atoms with Gasteiger partial charge in [-0.05, 0) is 6.08 Å². The Bertz CT molecular complexity index is 513. The van der Waals surface area contributed by atoms with Gasteiger partial charge >= 0.3 is 0 Å². The van der Waals surface area contributed by atoms with Gasteiger partial charge in [0.15, 0.2) is 5.65 Å². The molecule has 0 atom stereocenters. The molecule has 15 heavy (non-hydrogen) atoms. The van der Waals surface area contributed by atoms with E-state index in [0.29, 0.717) is 0 Å². The molecule has 2 aromatic rings. The Balaban J connectivity index is 2.14. The van der Waals surface area contributed by atoms with Crippen LogP contribution in [0.15, 0.2) is 24.8 Å². The van der Waals surface area contributed by atoms with Crippen molar-refractivity contribution in [3.63, 3.8) is 0 Å². The Morgan fingerprint density at radius 1 is 1.33 bits per heavy atom. The Morgan fingerprint density at radius 2 is 2.33 bits per heavy atom. The van der Waals surface area contributed by atoms with Gasteiger partial charge in [0, 0.05) is 31.4 Å². The number of nitrogens with one attached hydrogen (secondary N) is 1. The lowest BCUT2D eigenvalue weighted by Crippen LogP contribution is -2.22. The number of hydrogen-bond donors (Lipinski definition) is 1. The zero-order chi connectivity index (χ0) is 10.1. The molecule has 0 radical (unpaired) electrons. The molecule has 2 aromatic heterocycles. The number of aromatic nitrogens is 4. The Labute approximate surface area is 86.8 Å². The van der Waals surface area contributed by atoms with E-state index < -0.39 is 0 Å². The molecule has 0 unspecified atom stereocenters. The van der Waals surface area contributed by atoms with Crippen molar-refractivity contribution in [1.82, 2.24) is 25.1 Å². The summed E-state index contributed by atoms with van der Waals surface area (Å²) in [4.78, 5) is 8.22. The second-order valence-electron chi connectivity index (χ2n) is 3.51. The van der Waals surface area contributed by atoms with Crippen LogP contribution >= 0.6 is 0 Å². The van der Waals surface area contributed by atoms with Crippen LogP contribution in [0.1, 0.15) is 6.42 Å². The molecule has 76 valence electrons. The van der Waals surface area contributed by atoms with E-state index in [1.165, 1.54) is 5.70 Å². The molecule has 0 aromatic carbocycles. The van der Waals surface area contributed by atoms with E-state index in [1.807, 2.05) is 4.68 Å². The average molecular weight is 201 g/mol. The highest BCUT2D eigenvalue weighted by molar-refractivity contribution is 5.76. The van der Waals surface area contributed by atoms with Crippen LogP contribution in [-0.2, 0) is 0 Å². The molecule has 0 aliphatic carbocycles. The standard InChI is InChI=1S/C10H11N5/c1-3-11-4-2-9(1)15-10-8(6-14-15)5-12-7-13-10/h1,5-7,11H,2-4H2. The molecule has 0 amide bonds. The van der Waals surface area contributed by atoms with E-state index in [0.717, 1.165) is 30.5 Å². The van der Waals surface area contributed by atoms with Crippen LogP contribution in [0.3, 0.4) is 0 Å². The van der Waals surface area contributed by atoms with Gasteiger partial charge in [-0.2, -0.15) is 5.10 Å². The number of nitrogens with zero attached hydrogens (tertiary/aromatic N) is 4. The molecule has 3 rings (SSSR count). The Morgan fingerprint density at radius 3 is 3.20 bits per heavy atom. The summed E-state index contributed by atoms with van der Waals surface area (Å²) in [5.41, 5.74) is 2.10. The molecule has 1 N–H and O–H groups in total. The van der Waals surface area contributed by atoms with Crippen molar-refractivity contribution in [2.75, 3.05) is 13.1 Å². The van der Waals surface area contributed by atoms with E-state index >= 15 is 0 Å². The third-order valence-electron chi connectivity index (χ3n) is 2.54. The first-order valence-electron chi connectivity index (χ1n) is 4.99. The predicted molar refractivity (Wildman–Crippen MR) is 57.1 cm³/mol. The van der Waals surface area contributed by atoms with Crippen LogP contribution in [0.2, 0.25) is 0 Å². The minimum absolute atomic E-state index is 0.887. The number of hydrogen-bond acceptors (Lipinski definition) is 4. The summed E-state index contributed by atoms with van der Waals surface area (Å²) in [6, 6.07) is 0. The van der Waals surface area contributed by atoms with Gasteiger partial charge < -0.3 is 5.32 Å². The highest BCUT2D eigenvalue weighted by atomic mass is 15.3. The lowest BCUT2D eigenvalue weighted by molar-refractivity contribution is 0.704. The molecule has 0 saturated heterocycles. The Hall–Kier alpha value is -1.75. The lowest BCUT2D eigenvalue weighted by atomic mass is 10.2. The van der Waals surface area contributed by atoms with Gasteiger partial charge in [0.2, 0.25) is 0 Å². The quantitative estimate of drug-likeness (QED) is 0.736. The third-order valence-corrected chi connectivity index (χ3v) is 2.54. The van der Waals surface area contributed by atoms with Crippen molar-refractivity contribution < 1.29 is 0 Å². The second kappa shape index (κ2) is 3.43. The van der Waals surface area contributed by atoms with Crippen molar-refractivity contribution in [2.45, 2.75) is 6.42 Å². The maximum Gasteiger partial charge on any atom is 0.165 e. The zero-order valence-corrected chi connectivity index (χ0v) is 8.22. The largest absolute Gasteiger partial charge is 0.313 e. The predicted octanol–water partition coefficient (Wildman–Crippen LogP) is 0.660. The average Bonchev–Trinajstić information content (AvgIpc) is 2.74. The fourth-order valence-electron chi connectivity index (χ4n) is 1.79.